The van der Waals surface area contributed by atoms with Crippen molar-refractivity contribution in [1.82, 2.24) is 10.3 Å². The topological polar surface area (TPSA) is 79.3 Å². The molecule has 2 aromatic rings. The maximum absolute atomic E-state index is 13.2. The molecule has 2 atom stereocenters. The molecule has 116 valence electrons. The van der Waals surface area contributed by atoms with E-state index in [1.165, 1.54) is 30.5 Å². The molecule has 22 heavy (non-hydrogen) atoms. The Kier molecular flexibility index (Phi) is 4.70. The van der Waals surface area contributed by atoms with Crippen molar-refractivity contribution in [2.24, 2.45) is 5.92 Å². The van der Waals surface area contributed by atoms with Gasteiger partial charge in [0.05, 0.1) is 11.1 Å². The summed E-state index contributed by atoms with van der Waals surface area (Å²) in [6.07, 6.45) is 1.98. The smallest absolute Gasteiger partial charge is 0.326 e. The molecule has 0 aliphatic rings. The van der Waals surface area contributed by atoms with Gasteiger partial charge in [0.1, 0.15) is 11.9 Å². The van der Waals surface area contributed by atoms with Crippen LogP contribution in [-0.4, -0.2) is 28.0 Å². The van der Waals surface area contributed by atoms with Crippen LogP contribution in [0, 0.1) is 11.7 Å². The average Bonchev–Trinajstić information content (AvgIpc) is 2.50. The summed E-state index contributed by atoms with van der Waals surface area (Å²) in [6.45, 7) is 3.61. The molecule has 2 N–H and O–H groups in total. The van der Waals surface area contributed by atoms with Crippen molar-refractivity contribution in [3.8, 4) is 0 Å². The number of carbonyl (C=O) groups is 2. The predicted octanol–water partition coefficient (Wildman–Crippen LogP) is 2.60. The number of carboxylic acid groups (broad SMARTS) is 1. The number of halogens is 1. The highest BCUT2D eigenvalue weighted by Crippen LogP contribution is 2.16. The van der Waals surface area contributed by atoms with Crippen molar-refractivity contribution >= 4 is 22.8 Å². The Morgan fingerprint density at radius 2 is 2.09 bits per heavy atom. The summed E-state index contributed by atoms with van der Waals surface area (Å²) in [6, 6.07) is 4.61. The zero-order valence-electron chi connectivity index (χ0n) is 12.3. The summed E-state index contributed by atoms with van der Waals surface area (Å²) >= 11 is 0. The molecule has 1 heterocycles. The van der Waals surface area contributed by atoms with Crippen molar-refractivity contribution in [3.63, 3.8) is 0 Å². The lowest BCUT2D eigenvalue weighted by Crippen LogP contribution is -2.45. The molecule has 0 aliphatic carbocycles. The van der Waals surface area contributed by atoms with E-state index in [9.17, 15) is 19.1 Å². The van der Waals surface area contributed by atoms with E-state index in [1.54, 1.807) is 6.92 Å². The van der Waals surface area contributed by atoms with Gasteiger partial charge in [0.25, 0.3) is 5.91 Å². The summed E-state index contributed by atoms with van der Waals surface area (Å²) in [4.78, 5) is 27.5. The number of nitrogens with zero attached hydrogens (tertiary/aromatic N) is 1. The number of pyridine rings is 1. The average molecular weight is 304 g/mol. The molecular weight excluding hydrogens is 287 g/mol. The third-order valence-electron chi connectivity index (χ3n) is 3.67. The van der Waals surface area contributed by atoms with Crippen LogP contribution in [0.3, 0.4) is 0 Å². The van der Waals surface area contributed by atoms with Crippen LogP contribution in [0.25, 0.3) is 10.9 Å². The number of fused-ring (bicyclic) bond motifs is 1. The molecular formula is C16H17FN2O3. The van der Waals surface area contributed by atoms with Crippen LogP contribution in [-0.2, 0) is 4.79 Å². The van der Waals surface area contributed by atoms with Gasteiger partial charge in [0.15, 0.2) is 0 Å². The van der Waals surface area contributed by atoms with E-state index in [2.05, 4.69) is 10.3 Å². The number of aliphatic carboxylic acids is 1. The van der Waals surface area contributed by atoms with E-state index in [-0.39, 0.29) is 11.5 Å². The number of carbonyl (C=O) groups excluding carboxylic acids is 1. The Bertz CT molecular complexity index is 718. The van der Waals surface area contributed by atoms with Gasteiger partial charge in [-0.15, -0.1) is 0 Å². The largest absolute Gasteiger partial charge is 0.480 e. The molecule has 1 amide bonds. The molecule has 1 aromatic carbocycles. The molecule has 0 radical (unpaired) electrons. The van der Waals surface area contributed by atoms with Crippen molar-refractivity contribution in [2.45, 2.75) is 26.3 Å². The fourth-order valence-electron chi connectivity index (χ4n) is 2.13. The first kappa shape index (κ1) is 15.9. The van der Waals surface area contributed by atoms with Crippen LogP contribution < -0.4 is 5.32 Å². The molecule has 6 heteroatoms. The number of rotatable bonds is 5. The van der Waals surface area contributed by atoms with E-state index >= 15 is 0 Å². The highest BCUT2D eigenvalue weighted by molar-refractivity contribution is 5.99. The van der Waals surface area contributed by atoms with Crippen molar-refractivity contribution in [1.29, 1.82) is 0 Å². The van der Waals surface area contributed by atoms with Gasteiger partial charge in [-0.1, -0.05) is 20.3 Å². The second-order valence-electron chi connectivity index (χ2n) is 5.24. The van der Waals surface area contributed by atoms with E-state index in [0.717, 1.165) is 0 Å². The number of nitrogens with one attached hydrogen (secondary N) is 1. The van der Waals surface area contributed by atoms with Crippen LogP contribution in [0.1, 0.15) is 30.6 Å². The highest BCUT2D eigenvalue weighted by atomic mass is 19.1. The lowest BCUT2D eigenvalue weighted by molar-refractivity contribution is -0.140. The minimum Gasteiger partial charge on any atom is -0.480 e. The predicted molar refractivity (Wildman–Crippen MR) is 80.0 cm³/mol. The first-order valence-corrected chi connectivity index (χ1v) is 7.01. The first-order chi connectivity index (χ1) is 10.4. The molecule has 5 nitrogen and oxygen atoms in total. The highest BCUT2D eigenvalue weighted by Gasteiger charge is 2.25. The number of carboxylic acids is 1. The molecule has 1 aromatic heterocycles. The summed E-state index contributed by atoms with van der Waals surface area (Å²) in [5.74, 6) is -2.24. The maximum atomic E-state index is 13.2. The monoisotopic (exact) mass is 304 g/mol. The summed E-state index contributed by atoms with van der Waals surface area (Å²) in [7, 11) is 0. The van der Waals surface area contributed by atoms with Crippen molar-refractivity contribution in [3.05, 3.63) is 41.8 Å². The third-order valence-corrected chi connectivity index (χ3v) is 3.67. The lowest BCUT2D eigenvalue weighted by atomic mass is 9.99. The number of benzene rings is 1. The molecule has 0 spiro atoms. The van der Waals surface area contributed by atoms with Crippen LogP contribution in [0.5, 0.6) is 0 Å². The van der Waals surface area contributed by atoms with Gasteiger partial charge in [-0.2, -0.15) is 0 Å². The Balaban J connectivity index is 2.26. The Morgan fingerprint density at radius 1 is 1.36 bits per heavy atom. The van der Waals surface area contributed by atoms with Crippen LogP contribution in [0.2, 0.25) is 0 Å². The first-order valence-electron chi connectivity index (χ1n) is 7.01. The summed E-state index contributed by atoms with van der Waals surface area (Å²) in [5, 5.41) is 12.2. The van der Waals surface area contributed by atoms with Gasteiger partial charge in [-0.25, -0.2) is 9.18 Å². The van der Waals surface area contributed by atoms with E-state index < -0.39 is 23.7 Å². The van der Waals surface area contributed by atoms with Crippen LogP contribution in [0.4, 0.5) is 4.39 Å². The zero-order chi connectivity index (χ0) is 16.3. The number of aromatic nitrogens is 1. The minimum absolute atomic E-state index is 0.202. The Hall–Kier alpha value is -2.50. The molecule has 0 unspecified atom stereocenters. The molecule has 0 aliphatic heterocycles. The second-order valence-corrected chi connectivity index (χ2v) is 5.24. The minimum atomic E-state index is -1.08. The van der Waals surface area contributed by atoms with Gasteiger partial charge in [0.2, 0.25) is 0 Å². The Morgan fingerprint density at radius 3 is 2.73 bits per heavy atom. The molecule has 0 bridgehead atoms. The third kappa shape index (κ3) is 3.39. The van der Waals surface area contributed by atoms with Crippen molar-refractivity contribution in [2.75, 3.05) is 0 Å². The molecule has 0 saturated heterocycles. The quantitative estimate of drug-likeness (QED) is 0.890. The van der Waals surface area contributed by atoms with Gasteiger partial charge < -0.3 is 10.4 Å². The van der Waals surface area contributed by atoms with Gasteiger partial charge in [-0.3, -0.25) is 9.78 Å². The van der Waals surface area contributed by atoms with Crippen molar-refractivity contribution < 1.29 is 19.1 Å². The SMILES string of the molecule is CC[C@H](C)[C@H](NC(=O)c1cnc2ccc(F)cc2c1)C(=O)O. The molecule has 0 fully saturated rings. The number of amides is 1. The van der Waals surface area contributed by atoms with Gasteiger partial charge in [0, 0.05) is 11.6 Å². The molecule has 2 rings (SSSR count). The van der Waals surface area contributed by atoms with Gasteiger partial charge in [-0.05, 0) is 30.2 Å². The van der Waals surface area contributed by atoms with Crippen LogP contribution in [0.15, 0.2) is 30.5 Å². The Labute approximate surface area is 127 Å². The van der Waals surface area contributed by atoms with E-state index in [1.807, 2.05) is 6.92 Å². The number of hydrogen-bond donors (Lipinski definition) is 2. The zero-order valence-corrected chi connectivity index (χ0v) is 12.3. The van der Waals surface area contributed by atoms with Crippen LogP contribution >= 0.6 is 0 Å². The summed E-state index contributed by atoms with van der Waals surface area (Å²) in [5.41, 5.74) is 0.766. The second kappa shape index (κ2) is 6.51. The summed E-state index contributed by atoms with van der Waals surface area (Å²) < 4.78 is 13.2. The fourth-order valence-corrected chi connectivity index (χ4v) is 2.13. The molecule has 0 saturated carbocycles. The standard InChI is InChI=1S/C16H17FN2O3/c1-3-9(2)14(16(21)22)19-15(20)11-6-10-7-12(17)4-5-13(10)18-8-11/h4-9,14H,3H2,1-2H3,(H,19,20)(H,21,22)/t9-,14-/m0/s1. The fraction of sp³-hybridized carbons (Fsp3) is 0.312. The normalized spacial score (nSPS) is 13.6. The maximum Gasteiger partial charge on any atom is 0.326 e. The lowest BCUT2D eigenvalue weighted by Gasteiger charge is -2.20. The van der Waals surface area contributed by atoms with E-state index in [0.29, 0.717) is 17.3 Å². The number of hydrogen-bond acceptors (Lipinski definition) is 3. The van der Waals surface area contributed by atoms with E-state index in [4.69, 9.17) is 0 Å². The van der Waals surface area contributed by atoms with Gasteiger partial charge >= 0.3 is 5.97 Å².